The molecule has 0 spiro atoms. The molecule has 0 fully saturated rings. The fourth-order valence-corrected chi connectivity index (χ4v) is 3.43. The molecule has 0 amide bonds. The molecule has 0 atom stereocenters. The van der Waals surface area contributed by atoms with Gasteiger partial charge in [-0.25, -0.2) is 9.37 Å². The Labute approximate surface area is 135 Å². The second kappa shape index (κ2) is 5.46. The molecule has 1 aliphatic heterocycles. The van der Waals surface area contributed by atoms with E-state index in [-0.39, 0.29) is 5.82 Å². The van der Waals surface area contributed by atoms with Crippen molar-refractivity contribution in [2.24, 2.45) is 7.05 Å². The average Bonchev–Trinajstić information content (AvgIpc) is 2.95. The molecule has 0 N–H and O–H groups in total. The predicted molar refractivity (Wildman–Crippen MR) is 90.8 cm³/mol. The molecule has 0 radical (unpaired) electrons. The zero-order valence-electron chi connectivity index (χ0n) is 13.5. The fourth-order valence-electron chi connectivity index (χ4n) is 3.43. The molecule has 3 aromatic rings. The van der Waals surface area contributed by atoms with E-state index in [0.717, 1.165) is 59.3 Å². The molecule has 0 saturated carbocycles. The van der Waals surface area contributed by atoms with Crippen molar-refractivity contribution in [1.29, 1.82) is 0 Å². The molecule has 3 nitrogen and oxygen atoms in total. The minimum absolute atomic E-state index is 0.0863. The van der Waals surface area contributed by atoms with Crippen molar-refractivity contribution in [3.05, 3.63) is 53.6 Å². The molecule has 23 heavy (non-hydrogen) atoms. The Morgan fingerprint density at radius 3 is 2.87 bits per heavy atom. The van der Waals surface area contributed by atoms with Crippen LogP contribution >= 0.6 is 0 Å². The third-order valence-corrected chi connectivity index (χ3v) is 4.87. The number of hydrogen-bond donors (Lipinski definition) is 0. The second-order valence-corrected chi connectivity index (χ2v) is 6.27. The van der Waals surface area contributed by atoms with Gasteiger partial charge >= 0.3 is 0 Å². The molecule has 4 heteroatoms. The van der Waals surface area contributed by atoms with Crippen LogP contribution in [0.1, 0.15) is 18.1 Å². The van der Waals surface area contributed by atoms with Crippen LogP contribution in [0, 0.1) is 5.82 Å². The van der Waals surface area contributed by atoms with E-state index in [0.29, 0.717) is 0 Å². The maximum Gasteiger partial charge on any atom is 0.128 e. The number of halogens is 1. The van der Waals surface area contributed by atoms with Gasteiger partial charge in [-0.3, -0.25) is 4.90 Å². The quantitative estimate of drug-likeness (QED) is 0.719. The van der Waals surface area contributed by atoms with Crippen LogP contribution < -0.4 is 0 Å². The Hall–Kier alpha value is -2.20. The van der Waals surface area contributed by atoms with E-state index < -0.39 is 0 Å². The van der Waals surface area contributed by atoms with Crippen molar-refractivity contribution in [3.63, 3.8) is 0 Å². The number of benzene rings is 2. The molecule has 1 aromatic heterocycles. The summed E-state index contributed by atoms with van der Waals surface area (Å²) in [6, 6.07) is 9.95. The first-order chi connectivity index (χ1) is 11.2. The van der Waals surface area contributed by atoms with E-state index >= 15 is 0 Å². The fraction of sp³-hybridized carbons (Fsp3) is 0.316. The first-order valence-corrected chi connectivity index (χ1v) is 8.11. The van der Waals surface area contributed by atoms with Gasteiger partial charge in [0.05, 0.1) is 17.4 Å². The summed E-state index contributed by atoms with van der Waals surface area (Å²) in [5, 5.41) is 0. The van der Waals surface area contributed by atoms with E-state index in [2.05, 4.69) is 22.9 Å². The van der Waals surface area contributed by atoms with Crippen LogP contribution in [0.3, 0.4) is 0 Å². The molecule has 0 saturated heterocycles. The summed E-state index contributed by atoms with van der Waals surface area (Å²) < 4.78 is 16.6. The van der Waals surface area contributed by atoms with Gasteiger partial charge in [-0.1, -0.05) is 19.1 Å². The molecule has 2 aromatic carbocycles. The Kier molecular flexibility index (Phi) is 3.42. The van der Waals surface area contributed by atoms with Crippen molar-refractivity contribution in [1.82, 2.24) is 14.5 Å². The minimum Gasteiger partial charge on any atom is -0.334 e. The zero-order chi connectivity index (χ0) is 16.0. The van der Waals surface area contributed by atoms with Crippen LogP contribution in [0.25, 0.3) is 22.2 Å². The van der Waals surface area contributed by atoms with Gasteiger partial charge in [0.1, 0.15) is 5.82 Å². The van der Waals surface area contributed by atoms with Gasteiger partial charge in [-0.15, -0.1) is 0 Å². The van der Waals surface area contributed by atoms with Crippen molar-refractivity contribution in [3.8, 4) is 11.1 Å². The number of likely N-dealkylation sites (N-methyl/N-ethyl adjacent to an activating group) is 1. The van der Waals surface area contributed by atoms with Gasteiger partial charge in [-0.05, 0) is 47.9 Å². The molecular weight excluding hydrogens is 289 g/mol. The zero-order valence-corrected chi connectivity index (χ0v) is 13.5. The standard InChI is InChI=1S/C19H20FN3/c1-3-23-7-6-14-8-15(9-17(20)16(14)11-23)13-4-5-19-18(10-13)21-12-22(19)2/h4-5,8-10,12H,3,6-7,11H2,1-2H3. The van der Waals surface area contributed by atoms with Gasteiger partial charge in [0.25, 0.3) is 0 Å². The summed E-state index contributed by atoms with van der Waals surface area (Å²) in [7, 11) is 1.98. The van der Waals surface area contributed by atoms with Crippen LogP contribution in [-0.4, -0.2) is 27.5 Å². The second-order valence-electron chi connectivity index (χ2n) is 6.27. The van der Waals surface area contributed by atoms with Gasteiger partial charge in [-0.2, -0.15) is 0 Å². The van der Waals surface area contributed by atoms with Crippen molar-refractivity contribution in [2.75, 3.05) is 13.1 Å². The Balaban J connectivity index is 1.78. The molecule has 0 unspecified atom stereocenters. The highest BCUT2D eigenvalue weighted by Gasteiger charge is 2.19. The Morgan fingerprint density at radius 1 is 1.17 bits per heavy atom. The molecule has 118 valence electrons. The number of imidazole rings is 1. The number of nitrogens with zero attached hydrogens (tertiary/aromatic N) is 3. The number of fused-ring (bicyclic) bond motifs is 2. The highest BCUT2D eigenvalue weighted by molar-refractivity contribution is 5.82. The van der Waals surface area contributed by atoms with Crippen LogP contribution in [-0.2, 0) is 20.0 Å². The van der Waals surface area contributed by atoms with Gasteiger partial charge in [0, 0.05) is 25.7 Å². The van der Waals surface area contributed by atoms with E-state index in [9.17, 15) is 4.39 Å². The smallest absolute Gasteiger partial charge is 0.128 e. The molecule has 4 rings (SSSR count). The van der Waals surface area contributed by atoms with E-state index in [1.54, 1.807) is 12.4 Å². The normalized spacial score (nSPS) is 15.1. The highest BCUT2D eigenvalue weighted by Crippen LogP contribution is 2.30. The van der Waals surface area contributed by atoms with E-state index in [4.69, 9.17) is 0 Å². The monoisotopic (exact) mass is 309 g/mol. The Morgan fingerprint density at radius 2 is 2.04 bits per heavy atom. The van der Waals surface area contributed by atoms with Gasteiger partial charge in [0.2, 0.25) is 0 Å². The third kappa shape index (κ3) is 2.43. The minimum atomic E-state index is -0.0863. The van der Waals surface area contributed by atoms with E-state index in [1.165, 1.54) is 0 Å². The molecular formula is C19H20FN3. The molecule has 0 bridgehead atoms. The van der Waals surface area contributed by atoms with E-state index in [1.807, 2.05) is 29.8 Å². The van der Waals surface area contributed by atoms with Crippen LogP contribution in [0.2, 0.25) is 0 Å². The van der Waals surface area contributed by atoms with Crippen LogP contribution in [0.15, 0.2) is 36.7 Å². The summed E-state index contributed by atoms with van der Waals surface area (Å²) in [6.45, 7) is 4.82. The lowest BCUT2D eigenvalue weighted by Gasteiger charge is -2.28. The van der Waals surface area contributed by atoms with Crippen molar-refractivity contribution >= 4 is 11.0 Å². The summed E-state index contributed by atoms with van der Waals surface area (Å²) in [5.41, 5.74) is 6.01. The summed E-state index contributed by atoms with van der Waals surface area (Å²) >= 11 is 0. The van der Waals surface area contributed by atoms with Crippen molar-refractivity contribution < 1.29 is 4.39 Å². The largest absolute Gasteiger partial charge is 0.334 e. The average molecular weight is 309 g/mol. The number of aromatic nitrogens is 2. The van der Waals surface area contributed by atoms with Gasteiger partial charge < -0.3 is 4.57 Å². The predicted octanol–water partition coefficient (Wildman–Crippen LogP) is 3.76. The lowest BCUT2D eigenvalue weighted by molar-refractivity contribution is 0.263. The SMILES string of the molecule is CCN1CCc2cc(-c3ccc4c(c3)ncn4C)cc(F)c2C1. The van der Waals surface area contributed by atoms with Crippen molar-refractivity contribution in [2.45, 2.75) is 19.9 Å². The number of hydrogen-bond acceptors (Lipinski definition) is 2. The topological polar surface area (TPSA) is 21.1 Å². The first kappa shape index (κ1) is 14.4. The number of aryl methyl sites for hydroxylation is 1. The summed E-state index contributed by atoms with van der Waals surface area (Å²) in [5.74, 6) is -0.0863. The molecule has 2 heterocycles. The number of rotatable bonds is 2. The lowest BCUT2D eigenvalue weighted by Crippen LogP contribution is -2.30. The first-order valence-electron chi connectivity index (χ1n) is 8.11. The van der Waals surface area contributed by atoms with Gasteiger partial charge in [0.15, 0.2) is 0 Å². The summed E-state index contributed by atoms with van der Waals surface area (Å²) in [6.07, 6.45) is 2.72. The Bertz CT molecular complexity index is 882. The third-order valence-electron chi connectivity index (χ3n) is 4.87. The maximum atomic E-state index is 14.6. The maximum absolute atomic E-state index is 14.6. The molecule has 1 aliphatic rings. The van der Waals surface area contributed by atoms with Crippen LogP contribution in [0.5, 0.6) is 0 Å². The summed E-state index contributed by atoms with van der Waals surface area (Å²) in [4.78, 5) is 6.68. The highest BCUT2D eigenvalue weighted by atomic mass is 19.1. The van der Waals surface area contributed by atoms with Crippen LogP contribution in [0.4, 0.5) is 4.39 Å². The lowest BCUT2D eigenvalue weighted by atomic mass is 9.94. The molecule has 0 aliphatic carbocycles.